The molecule has 0 N–H and O–H groups in total. The fourth-order valence-corrected chi connectivity index (χ4v) is 12.8. The molecule has 0 aromatic rings. The van der Waals surface area contributed by atoms with E-state index in [1.807, 2.05) is 21.1 Å². The topological polar surface area (TPSA) is 111 Å². The molecule has 0 rings (SSSR count). The second kappa shape index (κ2) is 81.9. The third kappa shape index (κ3) is 83.4. The number of hydrogen-bond donors (Lipinski definition) is 0. The third-order valence-corrected chi connectivity index (χ3v) is 19.3. The van der Waals surface area contributed by atoms with E-state index in [9.17, 15) is 19.5 Å². The van der Waals surface area contributed by atoms with Crippen LogP contribution in [0.1, 0.15) is 412 Å². The summed E-state index contributed by atoms with van der Waals surface area (Å²) in [7, 11) is 5.95. The zero-order valence-corrected chi connectivity index (χ0v) is 67.3. The van der Waals surface area contributed by atoms with Gasteiger partial charge in [0, 0.05) is 12.8 Å². The first-order valence-corrected chi connectivity index (χ1v) is 43.4. The molecule has 2 unspecified atom stereocenters. The molecule has 0 saturated carbocycles. The molecule has 0 aliphatic rings. The van der Waals surface area contributed by atoms with Crippen molar-refractivity contribution in [1.82, 2.24) is 0 Å². The van der Waals surface area contributed by atoms with Crippen molar-refractivity contribution in [2.75, 3.05) is 47.5 Å². The van der Waals surface area contributed by atoms with Crippen LogP contribution >= 0.6 is 0 Å². The van der Waals surface area contributed by atoms with E-state index in [0.29, 0.717) is 23.9 Å². The normalized spacial score (nSPS) is 13.1. The average Bonchev–Trinajstić information content (AvgIpc) is 1.25. The molecule has 9 heteroatoms. The Balaban J connectivity index is 3.94. The van der Waals surface area contributed by atoms with Gasteiger partial charge >= 0.3 is 11.9 Å². The van der Waals surface area contributed by atoms with Crippen molar-refractivity contribution in [3.8, 4) is 0 Å². The maximum Gasteiger partial charge on any atom is 0.306 e. The second-order valence-electron chi connectivity index (χ2n) is 30.4. The summed E-state index contributed by atoms with van der Waals surface area (Å²) in [5, 5.41) is 11.9. The molecule has 2 atom stereocenters. The van der Waals surface area contributed by atoms with Crippen LogP contribution in [0.3, 0.4) is 0 Å². The van der Waals surface area contributed by atoms with Gasteiger partial charge in [-0.2, -0.15) is 0 Å². The lowest BCUT2D eigenvalue weighted by Gasteiger charge is -2.26. The highest BCUT2D eigenvalue weighted by Crippen LogP contribution is 2.20. The number of unbranched alkanes of at least 4 members (excludes halogenated alkanes) is 50. The number of ether oxygens (including phenoxy) is 4. The molecule has 0 bridgehead atoms. The maximum absolute atomic E-state index is 13.0. The van der Waals surface area contributed by atoms with Crippen molar-refractivity contribution in [1.29, 1.82) is 0 Å². The number of hydrogen-bond acceptors (Lipinski definition) is 8. The molecule has 0 saturated heterocycles. The summed E-state index contributed by atoms with van der Waals surface area (Å²) < 4.78 is 22.9. The minimum absolute atomic E-state index is 0.148. The van der Waals surface area contributed by atoms with Crippen molar-refractivity contribution in [3.05, 3.63) is 97.2 Å². The Morgan fingerprint density at radius 2 is 0.564 bits per heavy atom. The molecule has 0 aromatic carbocycles. The predicted octanol–water partition coefficient (Wildman–Crippen LogP) is 26.9. The molecular formula is C92H165NO8. The van der Waals surface area contributed by atoms with Gasteiger partial charge in [0.1, 0.15) is 13.2 Å². The van der Waals surface area contributed by atoms with Crippen molar-refractivity contribution < 1.29 is 42.9 Å². The second-order valence-corrected chi connectivity index (χ2v) is 30.4. The highest BCUT2D eigenvalue weighted by atomic mass is 16.7. The van der Waals surface area contributed by atoms with E-state index in [2.05, 4.69) is 111 Å². The Morgan fingerprint density at radius 3 is 0.842 bits per heavy atom. The number of nitrogens with zero attached hydrogens (tertiary/aromatic N) is 1. The number of allylic oxidation sites excluding steroid dienone is 16. The van der Waals surface area contributed by atoms with Gasteiger partial charge in [0.2, 0.25) is 0 Å². The van der Waals surface area contributed by atoms with E-state index in [0.717, 1.165) is 77.0 Å². The average molecular weight is 1410 g/mol. The molecule has 0 aliphatic heterocycles. The number of aliphatic carboxylic acids is 1. The minimum Gasteiger partial charge on any atom is -0.545 e. The summed E-state index contributed by atoms with van der Waals surface area (Å²) in [6, 6.07) is 0. The van der Waals surface area contributed by atoms with E-state index in [-0.39, 0.29) is 32.2 Å². The quantitative estimate of drug-likeness (QED) is 0.0195. The van der Waals surface area contributed by atoms with Gasteiger partial charge in [0.25, 0.3) is 0 Å². The van der Waals surface area contributed by atoms with E-state index >= 15 is 0 Å². The van der Waals surface area contributed by atoms with Gasteiger partial charge in [-0.05, 0) is 96.3 Å². The van der Waals surface area contributed by atoms with Crippen LogP contribution in [0, 0.1) is 0 Å². The first kappa shape index (κ1) is 97.2. The minimum atomic E-state index is -1.62. The Morgan fingerprint density at radius 1 is 0.307 bits per heavy atom. The molecule has 9 nitrogen and oxygen atoms in total. The highest BCUT2D eigenvalue weighted by molar-refractivity contribution is 5.70. The molecule has 0 heterocycles. The van der Waals surface area contributed by atoms with Crippen LogP contribution in [0.4, 0.5) is 0 Å². The summed E-state index contributed by atoms with van der Waals surface area (Å²) >= 11 is 0. The zero-order valence-electron chi connectivity index (χ0n) is 67.3. The SMILES string of the molecule is CC/C=C\C/C=C\C/C=C\C/C=C\C/C=C\C/C=C\CCCCCCCCCCCCCCCCCCCCC(=O)OC(COC(=O)CCCCCCCCCCCCCCCCCCCCCCCCCCCCC/C=C\C/C=C\CCCCCCC)COC(OCC[N+](C)(C)C)C(=O)[O-]. The van der Waals surface area contributed by atoms with Gasteiger partial charge in [-0.15, -0.1) is 0 Å². The molecule has 101 heavy (non-hydrogen) atoms. The lowest BCUT2D eigenvalue weighted by Crippen LogP contribution is -2.44. The van der Waals surface area contributed by atoms with Crippen molar-refractivity contribution in [2.45, 2.75) is 424 Å². The number of quaternary nitrogens is 1. The van der Waals surface area contributed by atoms with Crippen molar-refractivity contribution in [3.63, 3.8) is 0 Å². The fourth-order valence-electron chi connectivity index (χ4n) is 12.8. The lowest BCUT2D eigenvalue weighted by atomic mass is 10.0. The summed E-state index contributed by atoms with van der Waals surface area (Å²) in [6.45, 7) is 4.68. The lowest BCUT2D eigenvalue weighted by molar-refractivity contribution is -0.870. The third-order valence-electron chi connectivity index (χ3n) is 19.3. The largest absolute Gasteiger partial charge is 0.545 e. The number of carbonyl (C=O) groups is 3. The Labute approximate surface area is 626 Å². The Hall–Kier alpha value is -3.79. The van der Waals surface area contributed by atoms with Crippen molar-refractivity contribution in [2.24, 2.45) is 0 Å². The predicted molar refractivity (Wildman–Crippen MR) is 435 cm³/mol. The molecular weight excluding hydrogens is 1250 g/mol. The summed E-state index contributed by atoms with van der Waals surface area (Å²) in [5.41, 5.74) is 0. The molecule has 0 radical (unpaired) electrons. The summed E-state index contributed by atoms with van der Waals surface area (Å²) in [4.78, 5) is 37.7. The van der Waals surface area contributed by atoms with Crippen molar-refractivity contribution >= 4 is 17.9 Å². The van der Waals surface area contributed by atoms with E-state index < -0.39 is 24.3 Å². The van der Waals surface area contributed by atoms with Gasteiger partial charge in [-0.25, -0.2) is 0 Å². The Bertz CT molecular complexity index is 1990. The van der Waals surface area contributed by atoms with Crippen LogP contribution in [0.15, 0.2) is 97.2 Å². The first-order chi connectivity index (χ1) is 49.6. The summed E-state index contributed by atoms with van der Waals surface area (Å²) in [5.74, 6) is -2.26. The first-order valence-electron chi connectivity index (χ1n) is 43.4. The molecule has 0 aromatic heterocycles. The van der Waals surface area contributed by atoms with Gasteiger partial charge in [-0.1, -0.05) is 400 Å². The fraction of sp³-hybridized carbons (Fsp3) is 0.793. The monoisotopic (exact) mass is 1410 g/mol. The molecule has 0 aliphatic carbocycles. The number of carbonyl (C=O) groups excluding carboxylic acids is 3. The van der Waals surface area contributed by atoms with Gasteiger partial charge in [0.05, 0.1) is 40.3 Å². The van der Waals surface area contributed by atoms with Crippen LogP contribution in [0.5, 0.6) is 0 Å². The van der Waals surface area contributed by atoms with Gasteiger partial charge in [-0.3, -0.25) is 9.59 Å². The van der Waals surface area contributed by atoms with E-state index in [1.165, 1.54) is 302 Å². The van der Waals surface area contributed by atoms with Crippen LogP contribution in [-0.2, 0) is 33.3 Å². The smallest absolute Gasteiger partial charge is 0.306 e. The van der Waals surface area contributed by atoms with Gasteiger partial charge in [0.15, 0.2) is 12.4 Å². The maximum atomic E-state index is 13.0. The number of likely N-dealkylation sites (N-methyl/N-ethyl adjacent to an activating group) is 1. The highest BCUT2D eigenvalue weighted by Gasteiger charge is 2.22. The van der Waals surface area contributed by atoms with E-state index in [1.54, 1.807) is 0 Å². The number of rotatable bonds is 81. The van der Waals surface area contributed by atoms with Crippen LogP contribution in [0.2, 0.25) is 0 Å². The molecule has 0 fully saturated rings. The van der Waals surface area contributed by atoms with E-state index in [4.69, 9.17) is 18.9 Å². The molecule has 0 amide bonds. The van der Waals surface area contributed by atoms with Crippen LogP contribution in [0.25, 0.3) is 0 Å². The van der Waals surface area contributed by atoms with Crippen LogP contribution in [-0.4, -0.2) is 82.3 Å². The zero-order chi connectivity index (χ0) is 73.2. The molecule has 0 spiro atoms. The number of carboxylic acid groups (broad SMARTS) is 1. The molecule has 586 valence electrons. The van der Waals surface area contributed by atoms with Crippen LogP contribution < -0.4 is 5.11 Å². The van der Waals surface area contributed by atoms with Gasteiger partial charge < -0.3 is 33.3 Å². The number of esters is 2. The standard InChI is InChI=1S/C92H165NO8/c1-6-8-10-12-14-16-18-20-22-24-26-28-30-32-34-36-38-40-42-44-45-47-48-50-52-54-56-58-60-62-64-66-68-70-72-74-76-78-80-82-89(94)99-86-88(87-100-92(91(96)97)98-85-84-93(3,4)5)101-90(95)83-81-79-77-75-73-71-69-67-65-63-61-59-57-55-53-51-49-46-43-41-39-37-35-33-31-29-27-25-23-21-19-17-15-13-11-9-7-2/h9,11,15,17-18,20-21,23-24,26-27,29,33,35,39,41,88,92H,6-8,10,12-14,16,19,22,25,28,30-32,34,36-38,40,42-87H2,1-5H3/b11-9-,17-15-,20-18-,23-21-,26-24-,29-27-,35-33-,41-39-. The Kier molecular flexibility index (Phi) is 78.8. The summed E-state index contributed by atoms with van der Waals surface area (Å²) in [6.07, 6.45) is 111. The number of carboxylic acids is 1.